The van der Waals surface area contributed by atoms with Gasteiger partial charge in [-0.05, 0) is 12.0 Å². The Labute approximate surface area is 90.0 Å². The Bertz CT molecular complexity index is 177. The molecule has 3 heteroatoms. The van der Waals surface area contributed by atoms with Gasteiger partial charge in [-0.1, -0.05) is 42.8 Å². The van der Waals surface area contributed by atoms with Crippen LogP contribution in [0.5, 0.6) is 0 Å². The maximum atomic E-state index is 3.45. The average molecular weight is 218 g/mol. The van der Waals surface area contributed by atoms with Crippen molar-refractivity contribution in [3.8, 4) is 0 Å². The van der Waals surface area contributed by atoms with Crippen LogP contribution in [0.2, 0.25) is 6.04 Å². The first-order chi connectivity index (χ1) is 4.93. The van der Waals surface area contributed by atoms with Crippen LogP contribution in [0, 0.1) is 0 Å². The smallest absolute Gasteiger partial charge is 0.0222 e. The Morgan fingerprint density at radius 2 is 1.58 bits per heavy atom. The molecule has 0 saturated carbocycles. The number of hydrogen-bond donors (Lipinski definition) is 0. The highest BCUT2D eigenvalue weighted by Crippen LogP contribution is 2.02. The average Bonchev–Trinajstić information content (AvgIpc) is 2.03. The Morgan fingerprint density at radius 1 is 1.00 bits per heavy atom. The summed E-state index contributed by atoms with van der Waals surface area (Å²) in [5.74, 6) is 0. The number of hydrogen-bond acceptors (Lipinski definition) is 0. The number of aryl methyl sites for hydroxylation is 1. The lowest BCUT2D eigenvalue weighted by Crippen LogP contribution is -3.00. The molecule has 0 aromatic heterocycles. The molecule has 0 unspecified atom stereocenters. The van der Waals surface area contributed by atoms with Gasteiger partial charge in [-0.2, -0.15) is 0 Å². The van der Waals surface area contributed by atoms with Crippen molar-refractivity contribution < 1.29 is 24.8 Å². The molecule has 0 saturated heterocycles. The monoisotopic (exact) mass is 217 g/mol. The van der Waals surface area contributed by atoms with Crippen LogP contribution in [-0.2, 0) is 6.42 Å². The third kappa shape index (κ3) is 5.64. The van der Waals surface area contributed by atoms with E-state index in [0.717, 1.165) is 6.04 Å². The second-order valence-electron chi connectivity index (χ2n) is 2.34. The molecule has 0 aliphatic rings. The first kappa shape index (κ1) is 14.5. The highest BCUT2D eigenvalue weighted by molar-refractivity contribution is 6.08. The zero-order valence-corrected chi connectivity index (χ0v) is 9.28. The van der Waals surface area contributed by atoms with E-state index in [4.69, 9.17) is 0 Å². The van der Waals surface area contributed by atoms with Gasteiger partial charge in [0.15, 0.2) is 0 Å². The van der Waals surface area contributed by atoms with Crippen LogP contribution in [0.3, 0.4) is 0 Å². The van der Waals surface area contributed by atoms with E-state index in [-0.39, 0.29) is 24.8 Å². The third-order valence-corrected chi connectivity index (χ3v) is 1.84. The van der Waals surface area contributed by atoms with E-state index in [1.165, 1.54) is 18.4 Å². The van der Waals surface area contributed by atoms with Crippen LogP contribution in [0.4, 0.5) is 0 Å². The molecule has 0 bridgehead atoms. The molecule has 0 N–H and O–H groups in total. The van der Waals surface area contributed by atoms with Gasteiger partial charge in [-0.25, -0.2) is 0 Å². The quantitative estimate of drug-likeness (QED) is 0.457. The maximum Gasteiger partial charge on any atom is 0.0222 e. The highest BCUT2D eigenvalue weighted by Gasteiger charge is 1.87. The molecule has 12 heavy (non-hydrogen) atoms. The summed E-state index contributed by atoms with van der Waals surface area (Å²) >= 11 is 0. The molecule has 3 radical (unpaired) electrons. The van der Waals surface area contributed by atoms with Gasteiger partial charge in [0.1, 0.15) is 0 Å². The summed E-state index contributed by atoms with van der Waals surface area (Å²) in [6.07, 6.45) is 2.41. The summed E-state index contributed by atoms with van der Waals surface area (Å²) in [4.78, 5) is 0. The SMILES string of the molecule is [Cl-].[Cl-].[Si]CCCc1ccccc1. The molecule has 0 fully saturated rings. The van der Waals surface area contributed by atoms with Crippen molar-refractivity contribution in [2.24, 2.45) is 0 Å². The first-order valence-corrected chi connectivity index (χ1v) is 4.32. The topological polar surface area (TPSA) is 0 Å². The second-order valence-corrected chi connectivity index (χ2v) is 2.84. The van der Waals surface area contributed by atoms with Gasteiger partial charge in [0, 0.05) is 10.2 Å². The molecule has 0 amide bonds. The lowest BCUT2D eigenvalue weighted by Gasteiger charge is -1.96. The minimum Gasteiger partial charge on any atom is -1.00 e. The van der Waals surface area contributed by atoms with Crippen molar-refractivity contribution in [2.75, 3.05) is 0 Å². The molecule has 0 atom stereocenters. The zero-order chi connectivity index (χ0) is 7.23. The predicted molar refractivity (Wildman–Crippen MR) is 45.3 cm³/mol. The van der Waals surface area contributed by atoms with Crippen molar-refractivity contribution >= 4 is 10.2 Å². The van der Waals surface area contributed by atoms with Crippen LogP contribution in [0.1, 0.15) is 12.0 Å². The van der Waals surface area contributed by atoms with Crippen molar-refractivity contribution in [2.45, 2.75) is 18.9 Å². The molecule has 1 rings (SSSR count). The van der Waals surface area contributed by atoms with Gasteiger partial charge in [0.25, 0.3) is 0 Å². The van der Waals surface area contributed by atoms with Gasteiger partial charge >= 0.3 is 0 Å². The normalized spacial score (nSPS) is 8.08. The molecule has 1 aromatic carbocycles. The summed E-state index contributed by atoms with van der Waals surface area (Å²) in [6.45, 7) is 0. The number of benzene rings is 1. The molecule has 0 heterocycles. The Morgan fingerprint density at radius 3 is 2.08 bits per heavy atom. The minimum absolute atomic E-state index is 0. The summed E-state index contributed by atoms with van der Waals surface area (Å²) < 4.78 is 0. The molecule has 1 aromatic rings. The Kier molecular flexibility index (Phi) is 11.0. The number of rotatable bonds is 3. The van der Waals surface area contributed by atoms with E-state index < -0.39 is 0 Å². The Balaban J connectivity index is 0. The lowest BCUT2D eigenvalue weighted by molar-refractivity contribution is -0.00100. The lowest BCUT2D eigenvalue weighted by atomic mass is 10.1. The summed E-state index contributed by atoms with van der Waals surface area (Å²) in [5, 5.41) is 0. The maximum absolute atomic E-state index is 3.45. The molecular formula is C9H11Cl2Si-2. The van der Waals surface area contributed by atoms with E-state index in [9.17, 15) is 0 Å². The molecule has 0 nitrogen and oxygen atoms in total. The molecule has 67 valence electrons. The summed E-state index contributed by atoms with van der Waals surface area (Å²) in [6, 6.07) is 11.7. The van der Waals surface area contributed by atoms with Gasteiger partial charge < -0.3 is 24.8 Å². The second kappa shape index (κ2) is 9.11. The summed E-state index contributed by atoms with van der Waals surface area (Å²) in [7, 11) is 3.45. The standard InChI is InChI=1S/C9H11Si.2ClH/c10-8-4-7-9-5-2-1-3-6-9;;/h1-3,5-6H,4,7-8H2;2*1H/p-2. The van der Waals surface area contributed by atoms with E-state index in [1.54, 1.807) is 0 Å². The highest BCUT2D eigenvalue weighted by atomic mass is 35.5. The largest absolute Gasteiger partial charge is 1.00 e. The van der Waals surface area contributed by atoms with Crippen LogP contribution in [-0.4, -0.2) is 10.2 Å². The van der Waals surface area contributed by atoms with Crippen molar-refractivity contribution in [3.05, 3.63) is 35.9 Å². The number of halogens is 2. The van der Waals surface area contributed by atoms with Crippen molar-refractivity contribution in [3.63, 3.8) is 0 Å². The zero-order valence-electron chi connectivity index (χ0n) is 6.76. The van der Waals surface area contributed by atoms with Crippen LogP contribution >= 0.6 is 0 Å². The van der Waals surface area contributed by atoms with E-state index in [2.05, 4.69) is 40.6 Å². The van der Waals surface area contributed by atoms with E-state index >= 15 is 0 Å². The fraction of sp³-hybridized carbons (Fsp3) is 0.333. The molecule has 0 aliphatic carbocycles. The predicted octanol–water partition coefficient (Wildman–Crippen LogP) is -3.79. The van der Waals surface area contributed by atoms with Gasteiger partial charge in [-0.15, -0.1) is 0 Å². The fourth-order valence-corrected chi connectivity index (χ4v) is 1.11. The van der Waals surface area contributed by atoms with E-state index in [1.807, 2.05) is 0 Å². The fourth-order valence-electron chi connectivity index (χ4n) is 0.937. The first-order valence-electron chi connectivity index (χ1n) is 3.62. The van der Waals surface area contributed by atoms with Crippen molar-refractivity contribution in [1.29, 1.82) is 0 Å². The van der Waals surface area contributed by atoms with Gasteiger partial charge in [0.2, 0.25) is 0 Å². The third-order valence-electron chi connectivity index (χ3n) is 1.49. The van der Waals surface area contributed by atoms with Crippen LogP contribution < -0.4 is 24.8 Å². The van der Waals surface area contributed by atoms with Gasteiger partial charge in [0.05, 0.1) is 0 Å². The minimum atomic E-state index is 0. The molecule has 0 aliphatic heterocycles. The van der Waals surface area contributed by atoms with Crippen LogP contribution in [0.15, 0.2) is 30.3 Å². The molecule has 0 spiro atoms. The Hall–Kier alpha value is 0.0169. The molecular weight excluding hydrogens is 207 g/mol. The summed E-state index contributed by atoms with van der Waals surface area (Å²) in [5.41, 5.74) is 1.43. The van der Waals surface area contributed by atoms with Gasteiger partial charge in [-0.3, -0.25) is 0 Å². The van der Waals surface area contributed by atoms with Crippen molar-refractivity contribution in [1.82, 2.24) is 0 Å². The van der Waals surface area contributed by atoms with E-state index in [0.29, 0.717) is 0 Å². The van der Waals surface area contributed by atoms with Crippen LogP contribution in [0.25, 0.3) is 0 Å².